The van der Waals surface area contributed by atoms with E-state index in [1.807, 2.05) is 44.4 Å². The Kier molecular flexibility index (Phi) is 14.1. The second-order valence-corrected chi connectivity index (χ2v) is 15.2. The molecule has 2 aromatic rings. The number of ether oxygens (including phenoxy) is 1. The molecule has 13 nitrogen and oxygen atoms in total. The first-order valence-corrected chi connectivity index (χ1v) is 18.2. The number of aromatic amines is 1. The Morgan fingerprint density at radius 2 is 1.37 bits per heavy atom. The van der Waals surface area contributed by atoms with Crippen molar-refractivity contribution in [3.63, 3.8) is 0 Å². The van der Waals surface area contributed by atoms with Crippen molar-refractivity contribution in [3.8, 4) is 0 Å². The molecule has 0 radical (unpaired) electrons. The predicted octanol–water partition coefficient (Wildman–Crippen LogP) is 2.34. The number of hydrogen-bond acceptors (Lipinski definition) is 8. The number of para-hydroxylation sites is 1. The summed E-state index contributed by atoms with van der Waals surface area (Å²) in [4.78, 5) is 85.3. The first-order valence-electron chi connectivity index (χ1n) is 16.8. The van der Waals surface area contributed by atoms with E-state index in [0.29, 0.717) is 5.75 Å². The second kappa shape index (κ2) is 17.5. The first kappa shape index (κ1) is 39.4. The number of aromatic nitrogens is 1. The molecule has 1 aliphatic rings. The molecular weight excluding hydrogens is 648 g/mol. The van der Waals surface area contributed by atoms with Gasteiger partial charge in [0.1, 0.15) is 35.8 Å². The van der Waals surface area contributed by atoms with E-state index in [-0.39, 0.29) is 31.1 Å². The van der Waals surface area contributed by atoms with Crippen molar-refractivity contribution >= 4 is 58.2 Å². The maximum Gasteiger partial charge on any atom is 0.308 e. The quantitative estimate of drug-likeness (QED) is 0.204. The van der Waals surface area contributed by atoms with E-state index in [0.717, 1.165) is 16.5 Å². The van der Waals surface area contributed by atoms with E-state index in [1.54, 1.807) is 40.8 Å². The van der Waals surface area contributed by atoms with E-state index in [4.69, 9.17) is 4.74 Å². The Hall–Kier alpha value is -4.07. The summed E-state index contributed by atoms with van der Waals surface area (Å²) >= 11 is 1.47. The third-order valence-electron chi connectivity index (χ3n) is 7.99. The lowest BCUT2D eigenvalue weighted by Crippen LogP contribution is -2.59. The summed E-state index contributed by atoms with van der Waals surface area (Å²) in [6.07, 6.45) is 3.60. The molecule has 0 saturated carbocycles. The van der Waals surface area contributed by atoms with Crippen molar-refractivity contribution < 1.29 is 33.5 Å². The van der Waals surface area contributed by atoms with Crippen LogP contribution in [0.5, 0.6) is 0 Å². The molecule has 0 spiro atoms. The minimum absolute atomic E-state index is 0.0120. The molecule has 1 fully saturated rings. The fourth-order valence-electron chi connectivity index (χ4n) is 5.56. The molecule has 0 bridgehead atoms. The summed E-state index contributed by atoms with van der Waals surface area (Å²) in [5.74, 6) is -3.88. The zero-order valence-electron chi connectivity index (χ0n) is 29.7. The van der Waals surface area contributed by atoms with Crippen LogP contribution in [0.3, 0.4) is 0 Å². The number of H-pyrrole nitrogens is 1. The zero-order chi connectivity index (χ0) is 36.5. The average Bonchev–Trinajstić information content (AvgIpc) is 3.41. The van der Waals surface area contributed by atoms with Gasteiger partial charge in [0.15, 0.2) is 0 Å². The lowest BCUT2D eigenvalue weighted by atomic mass is 9.98. The van der Waals surface area contributed by atoms with Gasteiger partial charge in [0.05, 0.1) is 6.42 Å². The summed E-state index contributed by atoms with van der Waals surface area (Å²) in [5.41, 5.74) is 0.709. The Morgan fingerprint density at radius 3 is 2.00 bits per heavy atom. The molecule has 6 N–H and O–H groups in total. The average molecular weight is 701 g/mol. The fraction of sp³-hybridized carbons (Fsp3) is 0.600. The smallest absolute Gasteiger partial charge is 0.308 e. The van der Waals surface area contributed by atoms with Crippen LogP contribution < -0.4 is 26.6 Å². The van der Waals surface area contributed by atoms with Crippen molar-refractivity contribution in [2.24, 2.45) is 11.8 Å². The monoisotopic (exact) mass is 700 g/mol. The van der Waals surface area contributed by atoms with Crippen LogP contribution in [0.4, 0.5) is 0 Å². The highest BCUT2D eigenvalue weighted by atomic mass is 32.2. The van der Waals surface area contributed by atoms with E-state index in [2.05, 4.69) is 31.6 Å². The molecule has 14 heteroatoms. The molecule has 49 heavy (non-hydrogen) atoms. The van der Waals surface area contributed by atoms with Crippen LogP contribution in [0.25, 0.3) is 10.9 Å². The number of thioether (sulfide) groups is 1. The highest BCUT2D eigenvalue weighted by Gasteiger charge is 2.37. The molecule has 1 aliphatic heterocycles. The lowest BCUT2D eigenvalue weighted by molar-refractivity contribution is -0.156. The minimum Gasteiger partial charge on any atom is -0.460 e. The van der Waals surface area contributed by atoms with Crippen molar-refractivity contribution in [2.75, 3.05) is 12.0 Å². The van der Waals surface area contributed by atoms with Gasteiger partial charge in [0, 0.05) is 23.5 Å². The van der Waals surface area contributed by atoms with Gasteiger partial charge >= 0.3 is 5.97 Å². The van der Waals surface area contributed by atoms with Gasteiger partial charge in [-0.15, -0.1) is 0 Å². The number of carbonyl (C=O) groups is 6. The number of nitrogens with one attached hydrogen (secondary N) is 6. The molecule has 3 rings (SSSR count). The summed E-state index contributed by atoms with van der Waals surface area (Å²) in [6, 6.07) is 1.74. The van der Waals surface area contributed by atoms with Crippen molar-refractivity contribution in [2.45, 2.75) is 110 Å². The fourth-order valence-corrected chi connectivity index (χ4v) is 6.03. The molecule has 2 heterocycles. The van der Waals surface area contributed by atoms with Crippen LogP contribution in [0.1, 0.15) is 73.3 Å². The van der Waals surface area contributed by atoms with Gasteiger partial charge in [-0.05, 0) is 69.1 Å². The summed E-state index contributed by atoms with van der Waals surface area (Å²) in [6.45, 7) is 12.4. The largest absolute Gasteiger partial charge is 0.460 e. The molecule has 0 unspecified atom stereocenters. The topological polar surface area (TPSA) is 188 Å². The third-order valence-corrected chi connectivity index (χ3v) is 8.63. The van der Waals surface area contributed by atoms with Crippen molar-refractivity contribution in [3.05, 3.63) is 36.0 Å². The van der Waals surface area contributed by atoms with Crippen molar-refractivity contribution in [1.29, 1.82) is 0 Å². The van der Waals surface area contributed by atoms with E-state index in [1.165, 1.54) is 11.8 Å². The van der Waals surface area contributed by atoms with Crippen LogP contribution in [0.2, 0.25) is 0 Å². The number of amides is 5. The van der Waals surface area contributed by atoms with E-state index >= 15 is 0 Å². The number of carbonyl (C=O) groups excluding carboxylic acids is 6. The van der Waals surface area contributed by atoms with Crippen LogP contribution in [0, 0.1) is 11.8 Å². The van der Waals surface area contributed by atoms with Gasteiger partial charge < -0.3 is 36.3 Å². The Morgan fingerprint density at radius 1 is 0.796 bits per heavy atom. The van der Waals surface area contributed by atoms with Crippen LogP contribution >= 0.6 is 11.8 Å². The zero-order valence-corrected chi connectivity index (χ0v) is 30.5. The SMILES string of the molecule is CSCC[C@@H]1NC(=O)[C@@H](CC(=O)OC(C)(C)C)NC(=O)[C@@H](Cc2c[nH]c3ccccc23)NC(=O)[C@H](CC(C)C)NC(=O)[C@@H](C(C)C)NC1=O. The highest BCUT2D eigenvalue weighted by molar-refractivity contribution is 7.98. The normalized spacial score (nSPS) is 23.2. The maximum atomic E-state index is 14.1. The number of hydrogen-bond donors (Lipinski definition) is 6. The summed E-state index contributed by atoms with van der Waals surface area (Å²) < 4.78 is 5.47. The van der Waals surface area contributed by atoms with Gasteiger partial charge in [-0.1, -0.05) is 45.9 Å². The van der Waals surface area contributed by atoms with Crippen LogP contribution in [-0.4, -0.2) is 88.3 Å². The van der Waals surface area contributed by atoms with Crippen LogP contribution in [-0.2, 0) is 39.9 Å². The van der Waals surface area contributed by atoms with Gasteiger partial charge in [0.25, 0.3) is 0 Å². The maximum absolute atomic E-state index is 14.1. The summed E-state index contributed by atoms with van der Waals surface area (Å²) in [7, 11) is 0. The Balaban J connectivity index is 2.11. The standard InChI is InChI=1S/C35H52N6O7S/c1-19(2)15-25-31(44)38-26(16-21-18-36-23-12-10-9-11-22(21)23)32(45)39-27(17-28(42)48-35(5,6)7)33(46)37-24(13-14-49-8)30(43)41-29(20(3)4)34(47)40-25/h9-12,18-20,24-27,29,36H,13-17H2,1-8H3,(H,37,46)(H,38,44)(H,39,45)(H,40,47)(H,41,43)/t24-,25-,26+,27+,29+/m0/s1. The Labute approximate surface area is 292 Å². The molecule has 5 atom stereocenters. The molecule has 270 valence electrons. The van der Waals surface area contributed by atoms with Gasteiger partial charge in [-0.3, -0.25) is 28.8 Å². The van der Waals surface area contributed by atoms with Crippen molar-refractivity contribution in [1.82, 2.24) is 31.6 Å². The molecule has 0 aliphatic carbocycles. The molecule has 1 aromatic carbocycles. The van der Waals surface area contributed by atoms with Gasteiger partial charge in [-0.25, -0.2) is 0 Å². The predicted molar refractivity (Wildman–Crippen MR) is 189 cm³/mol. The minimum atomic E-state index is -1.44. The highest BCUT2D eigenvalue weighted by Crippen LogP contribution is 2.20. The second-order valence-electron chi connectivity index (χ2n) is 14.2. The number of fused-ring (bicyclic) bond motifs is 1. The van der Waals surface area contributed by atoms with Gasteiger partial charge in [-0.2, -0.15) is 11.8 Å². The molecule has 1 saturated heterocycles. The summed E-state index contributed by atoms with van der Waals surface area (Å²) in [5, 5.41) is 14.6. The number of esters is 1. The first-order chi connectivity index (χ1) is 23.0. The lowest BCUT2D eigenvalue weighted by Gasteiger charge is -2.28. The number of benzene rings is 1. The molecular formula is C35H52N6O7S. The third kappa shape index (κ3) is 11.8. The van der Waals surface area contributed by atoms with Crippen LogP contribution in [0.15, 0.2) is 30.5 Å². The van der Waals surface area contributed by atoms with E-state index in [9.17, 15) is 28.8 Å². The number of rotatable bonds is 10. The Bertz CT molecular complexity index is 1500. The van der Waals surface area contributed by atoms with Gasteiger partial charge in [0.2, 0.25) is 29.5 Å². The van der Waals surface area contributed by atoms with E-state index < -0.39 is 77.7 Å². The molecule has 5 amide bonds. The molecule has 1 aromatic heterocycles.